The highest BCUT2D eigenvalue weighted by molar-refractivity contribution is 8.93. The van der Waals surface area contributed by atoms with Gasteiger partial charge in [0.05, 0.1) is 41.3 Å². The highest BCUT2D eigenvalue weighted by Crippen LogP contribution is 2.14. The van der Waals surface area contributed by atoms with Crippen LogP contribution in [-0.2, 0) is 0 Å². The Morgan fingerprint density at radius 3 is 0.735 bits per heavy atom. The van der Waals surface area contributed by atoms with E-state index < -0.39 is 0 Å². The summed E-state index contributed by atoms with van der Waals surface area (Å²) in [7, 11) is 9.81. The summed E-state index contributed by atoms with van der Waals surface area (Å²) in [6, 6.07) is 0. The van der Waals surface area contributed by atoms with E-state index in [2.05, 4.69) is 42.0 Å². The molecule has 0 bridgehead atoms. The number of nitrogens with zero attached hydrogens (tertiary/aromatic N) is 2. The van der Waals surface area contributed by atoms with Crippen molar-refractivity contribution in [2.75, 3.05) is 54.4 Å². The number of hydrogen-bond acceptors (Lipinski definition) is 0. The van der Waals surface area contributed by atoms with Crippen LogP contribution in [0.3, 0.4) is 0 Å². The number of rotatable bonds is 25. The molecule has 0 aliphatic rings. The molecule has 0 aromatic heterocycles. The Bertz CT molecular complexity index is 350. The molecule has 34 heavy (non-hydrogen) atoms. The summed E-state index contributed by atoms with van der Waals surface area (Å²) in [6.07, 6.45) is 28.8. The quantitative estimate of drug-likeness (QED) is 0.0708. The van der Waals surface area contributed by atoms with Gasteiger partial charge in [-0.05, 0) is 25.7 Å². The molecule has 0 saturated carbocycles. The Hall–Kier alpha value is 0.880. The number of likely N-dealkylation sites (N-methyl/N-ethyl adjacent to an activating group) is 2. The lowest BCUT2D eigenvalue weighted by molar-refractivity contribution is -0.946. The fraction of sp³-hybridized carbons (Fsp3) is 1.00. The molecule has 0 atom stereocenters. The predicted octanol–water partition coefficient (Wildman–Crippen LogP) is 10.1. The van der Waals surface area contributed by atoms with Crippen molar-refractivity contribution in [3.8, 4) is 0 Å². The molecule has 0 N–H and O–H groups in total. The fourth-order valence-electron chi connectivity index (χ4n) is 4.82. The normalized spacial score (nSPS) is 11.8. The highest BCUT2D eigenvalue weighted by Gasteiger charge is 2.22. The Morgan fingerprint density at radius 1 is 0.294 bits per heavy atom. The van der Waals surface area contributed by atoms with Crippen molar-refractivity contribution in [3.63, 3.8) is 0 Å². The molecule has 0 radical (unpaired) electrons. The van der Waals surface area contributed by atoms with Crippen molar-refractivity contribution in [1.29, 1.82) is 0 Å². The van der Waals surface area contributed by atoms with E-state index >= 15 is 0 Å². The van der Waals surface area contributed by atoms with Crippen LogP contribution >= 0.6 is 34.0 Å². The van der Waals surface area contributed by atoms with E-state index in [4.69, 9.17) is 0 Å². The van der Waals surface area contributed by atoms with Crippen molar-refractivity contribution in [2.24, 2.45) is 0 Å². The minimum absolute atomic E-state index is 0. The first-order valence-corrected chi connectivity index (χ1v) is 15.0. The molecular weight excluding hydrogens is 548 g/mol. The van der Waals surface area contributed by atoms with E-state index in [1.54, 1.807) is 0 Å². The lowest BCUT2D eigenvalue weighted by Crippen LogP contribution is -2.51. The van der Waals surface area contributed by atoms with Crippen LogP contribution in [0.4, 0.5) is 0 Å². The standard InChI is InChI=1S/C30H66N2.2BrH/c1-7-9-11-13-15-17-19-21-23-25-27-31(3,4)29-30-32(5,6)28-26-24-22-20-18-16-14-12-10-8-2;;/h7-30H2,1-6H3;2*1H/q+2;;. The third kappa shape index (κ3) is 29.1. The summed E-state index contributed by atoms with van der Waals surface area (Å²) in [4.78, 5) is 0. The molecule has 0 unspecified atom stereocenters. The summed E-state index contributed by atoms with van der Waals surface area (Å²) in [5.74, 6) is 0. The van der Waals surface area contributed by atoms with Crippen molar-refractivity contribution >= 4 is 34.0 Å². The molecule has 0 aliphatic heterocycles. The van der Waals surface area contributed by atoms with E-state index in [1.807, 2.05) is 0 Å². The maximum absolute atomic E-state index is 2.45. The van der Waals surface area contributed by atoms with E-state index in [-0.39, 0.29) is 34.0 Å². The van der Waals surface area contributed by atoms with Gasteiger partial charge in [0, 0.05) is 0 Å². The van der Waals surface area contributed by atoms with Crippen LogP contribution in [0.1, 0.15) is 142 Å². The summed E-state index contributed by atoms with van der Waals surface area (Å²) < 4.78 is 2.41. The van der Waals surface area contributed by atoms with Crippen LogP contribution in [-0.4, -0.2) is 63.3 Å². The zero-order valence-electron chi connectivity index (χ0n) is 24.7. The largest absolute Gasteiger partial charge is 0.324 e. The number of quaternary nitrogens is 2. The molecular formula is C30H68Br2N2+2. The van der Waals surface area contributed by atoms with Gasteiger partial charge in [-0.3, -0.25) is 0 Å². The molecule has 0 amide bonds. The van der Waals surface area contributed by atoms with E-state index in [0.29, 0.717) is 0 Å². The molecule has 0 saturated heterocycles. The highest BCUT2D eigenvalue weighted by atomic mass is 79.9. The van der Waals surface area contributed by atoms with Gasteiger partial charge in [0.1, 0.15) is 13.1 Å². The van der Waals surface area contributed by atoms with E-state index in [9.17, 15) is 0 Å². The molecule has 0 heterocycles. The van der Waals surface area contributed by atoms with Crippen molar-refractivity contribution in [2.45, 2.75) is 142 Å². The second kappa shape index (κ2) is 26.9. The Kier molecular flexibility index (Phi) is 31.2. The number of hydrogen-bond donors (Lipinski definition) is 0. The maximum Gasteiger partial charge on any atom is 0.128 e. The third-order valence-electron chi connectivity index (χ3n) is 7.54. The summed E-state index contributed by atoms with van der Waals surface area (Å²) >= 11 is 0. The number of unbranched alkanes of at least 4 members (excludes halogenated alkanes) is 18. The Labute approximate surface area is 238 Å². The van der Waals surface area contributed by atoms with Crippen LogP contribution in [0, 0.1) is 0 Å². The third-order valence-corrected chi connectivity index (χ3v) is 7.54. The molecule has 0 aromatic rings. The summed E-state index contributed by atoms with van der Waals surface area (Å²) in [5.41, 5.74) is 0. The lowest BCUT2D eigenvalue weighted by Gasteiger charge is -2.36. The zero-order valence-corrected chi connectivity index (χ0v) is 28.1. The minimum atomic E-state index is 0. The second-order valence-corrected chi connectivity index (χ2v) is 12.1. The first-order chi connectivity index (χ1) is 15.3. The van der Waals surface area contributed by atoms with Gasteiger partial charge >= 0.3 is 0 Å². The molecule has 210 valence electrons. The van der Waals surface area contributed by atoms with Gasteiger partial charge in [-0.25, -0.2) is 0 Å². The average molecular weight is 617 g/mol. The van der Waals surface area contributed by atoms with Crippen LogP contribution in [0.2, 0.25) is 0 Å². The smallest absolute Gasteiger partial charge is 0.128 e. The van der Waals surface area contributed by atoms with Crippen LogP contribution in [0.5, 0.6) is 0 Å². The lowest BCUT2D eigenvalue weighted by atomic mass is 10.1. The molecule has 0 aliphatic carbocycles. The maximum atomic E-state index is 2.45. The van der Waals surface area contributed by atoms with Crippen LogP contribution < -0.4 is 0 Å². The minimum Gasteiger partial charge on any atom is -0.324 e. The van der Waals surface area contributed by atoms with E-state index in [1.165, 1.54) is 164 Å². The molecule has 2 nitrogen and oxygen atoms in total. The molecule has 0 spiro atoms. The van der Waals surface area contributed by atoms with Crippen molar-refractivity contribution in [3.05, 3.63) is 0 Å². The van der Waals surface area contributed by atoms with Crippen LogP contribution in [0.25, 0.3) is 0 Å². The predicted molar refractivity (Wildman–Crippen MR) is 168 cm³/mol. The molecule has 0 fully saturated rings. The van der Waals surface area contributed by atoms with E-state index in [0.717, 1.165) is 0 Å². The van der Waals surface area contributed by atoms with Gasteiger partial charge in [-0.1, -0.05) is 117 Å². The summed E-state index contributed by atoms with van der Waals surface area (Å²) in [6.45, 7) is 9.96. The topological polar surface area (TPSA) is 0 Å². The molecule has 0 aromatic carbocycles. The van der Waals surface area contributed by atoms with Crippen molar-refractivity contribution < 1.29 is 8.97 Å². The Balaban J connectivity index is -0.00000480. The number of halogens is 2. The van der Waals surface area contributed by atoms with Gasteiger partial charge in [-0.15, -0.1) is 34.0 Å². The zero-order chi connectivity index (χ0) is 24.0. The Morgan fingerprint density at radius 2 is 0.500 bits per heavy atom. The summed E-state index contributed by atoms with van der Waals surface area (Å²) in [5, 5.41) is 0. The van der Waals surface area contributed by atoms with Gasteiger partial charge in [0.15, 0.2) is 0 Å². The second-order valence-electron chi connectivity index (χ2n) is 12.1. The molecule has 0 rings (SSSR count). The van der Waals surface area contributed by atoms with Gasteiger partial charge in [-0.2, -0.15) is 0 Å². The van der Waals surface area contributed by atoms with Crippen molar-refractivity contribution in [1.82, 2.24) is 0 Å². The monoisotopic (exact) mass is 614 g/mol. The first kappa shape index (κ1) is 39.4. The van der Waals surface area contributed by atoms with Gasteiger partial charge in [0.25, 0.3) is 0 Å². The SMILES string of the molecule is Br.Br.CCCCCCCCCCCC[N+](C)(C)CC[N+](C)(C)CCCCCCCCCCCC. The fourth-order valence-corrected chi connectivity index (χ4v) is 4.82. The first-order valence-electron chi connectivity index (χ1n) is 15.0. The van der Waals surface area contributed by atoms with Gasteiger partial charge in [0.2, 0.25) is 0 Å². The molecule has 4 heteroatoms. The van der Waals surface area contributed by atoms with Gasteiger partial charge < -0.3 is 8.97 Å². The average Bonchev–Trinajstić information content (AvgIpc) is 2.75. The van der Waals surface area contributed by atoms with Crippen LogP contribution in [0.15, 0.2) is 0 Å².